The topological polar surface area (TPSA) is 121 Å². The maximum absolute atomic E-state index is 12.2. The average molecular weight is 412 g/mol. The summed E-state index contributed by atoms with van der Waals surface area (Å²) in [5.41, 5.74) is -1.18. The number of nitrogens with zero attached hydrogens (tertiary/aromatic N) is 1. The molecule has 4 heterocycles. The van der Waals surface area contributed by atoms with E-state index in [1.165, 1.54) is 12.3 Å². The van der Waals surface area contributed by atoms with Gasteiger partial charge in [0.05, 0.1) is 6.61 Å². The van der Waals surface area contributed by atoms with Crippen LogP contribution < -0.4 is 11.2 Å². The lowest BCUT2D eigenvalue weighted by molar-refractivity contribution is -0.223. The van der Waals surface area contributed by atoms with E-state index in [9.17, 15) is 14.7 Å². The highest BCUT2D eigenvalue weighted by molar-refractivity contribution is 4.94. The van der Waals surface area contributed by atoms with E-state index in [1.54, 1.807) is 0 Å². The molecule has 3 fully saturated rings. The Labute approximate surface area is 167 Å². The minimum atomic E-state index is -1.13. The predicted molar refractivity (Wildman–Crippen MR) is 99.2 cm³/mol. The number of H-pyrrole nitrogens is 1. The Kier molecular flexibility index (Phi) is 6.78. The summed E-state index contributed by atoms with van der Waals surface area (Å²) < 4.78 is 30.2. The Bertz CT molecular complexity index is 768. The van der Waals surface area contributed by atoms with E-state index in [0.29, 0.717) is 13.2 Å². The largest absolute Gasteiger partial charge is 0.386 e. The van der Waals surface area contributed by atoms with Gasteiger partial charge >= 0.3 is 5.69 Å². The van der Waals surface area contributed by atoms with Crippen LogP contribution in [0.2, 0.25) is 0 Å². The van der Waals surface area contributed by atoms with Crippen molar-refractivity contribution < 1.29 is 28.8 Å². The van der Waals surface area contributed by atoms with Crippen LogP contribution in [0.3, 0.4) is 0 Å². The molecule has 0 radical (unpaired) electrons. The minimum Gasteiger partial charge on any atom is -0.386 e. The number of rotatable bonds is 6. The van der Waals surface area contributed by atoms with Gasteiger partial charge in [0.1, 0.15) is 18.3 Å². The van der Waals surface area contributed by atoms with Crippen molar-refractivity contribution in [3.63, 3.8) is 0 Å². The van der Waals surface area contributed by atoms with E-state index in [-0.39, 0.29) is 12.9 Å². The average Bonchev–Trinajstić information content (AvgIpc) is 3.03. The molecule has 0 saturated carbocycles. The number of aliphatic hydroxyl groups is 1. The quantitative estimate of drug-likeness (QED) is 0.682. The maximum Gasteiger partial charge on any atom is 0.330 e. The third kappa shape index (κ3) is 4.96. The SMILES string of the molecule is O=c1ccn(C2OC(COC3CCCCO3)C(OC3CCCCO3)C2O)c(=O)[nH]1. The van der Waals surface area contributed by atoms with Gasteiger partial charge in [-0.1, -0.05) is 0 Å². The molecule has 6 atom stereocenters. The van der Waals surface area contributed by atoms with Crippen molar-refractivity contribution in [2.75, 3.05) is 19.8 Å². The second-order valence-corrected chi connectivity index (χ2v) is 7.60. The third-order valence-electron chi connectivity index (χ3n) is 5.47. The van der Waals surface area contributed by atoms with E-state index in [0.717, 1.165) is 43.1 Å². The molecule has 0 bridgehead atoms. The Morgan fingerprint density at radius 3 is 2.48 bits per heavy atom. The molecule has 2 N–H and O–H groups in total. The van der Waals surface area contributed by atoms with E-state index < -0.39 is 42.1 Å². The summed E-state index contributed by atoms with van der Waals surface area (Å²) in [6.45, 7) is 1.41. The molecule has 3 aliphatic rings. The Balaban J connectivity index is 1.49. The summed E-state index contributed by atoms with van der Waals surface area (Å²) in [6.07, 6.45) is 2.58. The fourth-order valence-electron chi connectivity index (χ4n) is 3.92. The van der Waals surface area contributed by atoms with Crippen LogP contribution in [0.25, 0.3) is 0 Å². The van der Waals surface area contributed by atoms with Crippen LogP contribution in [0.15, 0.2) is 21.9 Å². The van der Waals surface area contributed by atoms with Crippen molar-refractivity contribution in [2.24, 2.45) is 0 Å². The number of ether oxygens (including phenoxy) is 5. The molecule has 0 aromatic carbocycles. The number of hydrogen-bond acceptors (Lipinski definition) is 8. The number of aromatic amines is 1. The zero-order chi connectivity index (χ0) is 20.2. The number of hydrogen-bond donors (Lipinski definition) is 2. The zero-order valence-corrected chi connectivity index (χ0v) is 16.2. The molecule has 1 aromatic heterocycles. The van der Waals surface area contributed by atoms with Gasteiger partial charge in [-0.25, -0.2) is 4.79 Å². The van der Waals surface area contributed by atoms with Gasteiger partial charge in [-0.2, -0.15) is 0 Å². The van der Waals surface area contributed by atoms with Crippen LogP contribution in [0, 0.1) is 0 Å². The second-order valence-electron chi connectivity index (χ2n) is 7.60. The van der Waals surface area contributed by atoms with Gasteiger partial charge in [0.15, 0.2) is 18.8 Å². The molecule has 0 spiro atoms. The first-order valence-corrected chi connectivity index (χ1v) is 10.3. The molecule has 29 heavy (non-hydrogen) atoms. The summed E-state index contributed by atoms with van der Waals surface area (Å²) in [5, 5.41) is 10.9. The molecule has 10 nitrogen and oxygen atoms in total. The van der Waals surface area contributed by atoms with Gasteiger partial charge < -0.3 is 28.8 Å². The number of nitrogens with one attached hydrogen (secondary N) is 1. The highest BCUT2D eigenvalue weighted by Crippen LogP contribution is 2.33. The van der Waals surface area contributed by atoms with Gasteiger partial charge in [-0.15, -0.1) is 0 Å². The first-order valence-electron chi connectivity index (χ1n) is 10.3. The van der Waals surface area contributed by atoms with Crippen molar-refractivity contribution in [1.29, 1.82) is 0 Å². The number of aliphatic hydroxyl groups excluding tert-OH is 1. The van der Waals surface area contributed by atoms with Crippen molar-refractivity contribution in [3.8, 4) is 0 Å². The lowest BCUT2D eigenvalue weighted by Crippen LogP contribution is -2.42. The summed E-state index contributed by atoms with van der Waals surface area (Å²) in [5.74, 6) is 0. The fourth-order valence-corrected chi connectivity index (χ4v) is 3.92. The predicted octanol–water partition coefficient (Wildman–Crippen LogP) is 0.250. The van der Waals surface area contributed by atoms with E-state index in [1.807, 2.05) is 0 Å². The van der Waals surface area contributed by atoms with Crippen LogP contribution in [-0.4, -0.2) is 65.4 Å². The standard InChI is InChI=1S/C19H28N2O8/c22-13-7-8-21(19(24)20-13)18-16(23)17(29-15-6-2-4-10-26-15)12(28-18)11-27-14-5-1-3-9-25-14/h7-8,12,14-18,23H,1-6,9-11H2,(H,20,22,24). The fraction of sp³-hybridized carbons (Fsp3) is 0.789. The third-order valence-corrected chi connectivity index (χ3v) is 5.47. The maximum atomic E-state index is 12.2. The monoisotopic (exact) mass is 412 g/mol. The van der Waals surface area contributed by atoms with Gasteiger partial charge in [0, 0.05) is 25.5 Å². The lowest BCUT2D eigenvalue weighted by Gasteiger charge is -2.30. The van der Waals surface area contributed by atoms with Crippen LogP contribution in [-0.2, 0) is 23.7 Å². The molecule has 1 aromatic rings. The van der Waals surface area contributed by atoms with Crippen LogP contribution in [0.1, 0.15) is 44.8 Å². The molecule has 162 valence electrons. The molecule has 3 saturated heterocycles. The highest BCUT2D eigenvalue weighted by atomic mass is 16.7. The molecule has 3 aliphatic heterocycles. The summed E-state index contributed by atoms with van der Waals surface area (Å²) in [4.78, 5) is 25.7. The molecular weight excluding hydrogens is 384 g/mol. The van der Waals surface area contributed by atoms with Crippen molar-refractivity contribution in [2.45, 2.75) is 75.6 Å². The highest BCUT2D eigenvalue weighted by Gasteiger charge is 2.47. The first kappa shape index (κ1) is 20.7. The van der Waals surface area contributed by atoms with E-state index >= 15 is 0 Å². The smallest absolute Gasteiger partial charge is 0.330 e. The molecule has 4 rings (SSSR count). The van der Waals surface area contributed by atoms with Crippen LogP contribution in [0.4, 0.5) is 0 Å². The first-order chi connectivity index (χ1) is 14.1. The summed E-state index contributed by atoms with van der Waals surface area (Å²) in [7, 11) is 0. The van der Waals surface area contributed by atoms with E-state index in [2.05, 4.69) is 4.98 Å². The molecule has 0 amide bonds. The molecule has 10 heteroatoms. The Morgan fingerprint density at radius 1 is 1.10 bits per heavy atom. The number of aromatic nitrogens is 2. The van der Waals surface area contributed by atoms with Gasteiger partial charge in [0.25, 0.3) is 5.56 Å². The van der Waals surface area contributed by atoms with Gasteiger partial charge in [0.2, 0.25) is 0 Å². The normalized spacial score (nSPS) is 35.6. The Morgan fingerprint density at radius 2 is 1.83 bits per heavy atom. The van der Waals surface area contributed by atoms with Crippen molar-refractivity contribution in [1.82, 2.24) is 9.55 Å². The molecule has 6 unspecified atom stereocenters. The van der Waals surface area contributed by atoms with Crippen LogP contribution in [0.5, 0.6) is 0 Å². The minimum absolute atomic E-state index is 0.147. The zero-order valence-electron chi connectivity index (χ0n) is 16.2. The van der Waals surface area contributed by atoms with Crippen molar-refractivity contribution in [3.05, 3.63) is 33.1 Å². The second kappa shape index (κ2) is 9.50. The molecule has 0 aliphatic carbocycles. The van der Waals surface area contributed by atoms with Crippen molar-refractivity contribution >= 4 is 0 Å². The van der Waals surface area contributed by atoms with Gasteiger partial charge in [-0.05, 0) is 38.5 Å². The summed E-state index contributed by atoms with van der Waals surface area (Å²) in [6, 6.07) is 1.21. The lowest BCUT2D eigenvalue weighted by atomic mass is 10.1. The van der Waals surface area contributed by atoms with E-state index in [4.69, 9.17) is 23.7 Å². The van der Waals surface area contributed by atoms with Gasteiger partial charge in [-0.3, -0.25) is 14.3 Å². The van der Waals surface area contributed by atoms with Crippen LogP contribution >= 0.6 is 0 Å². The Hall–Kier alpha value is -1.56. The molecular formula is C19H28N2O8. The summed E-state index contributed by atoms with van der Waals surface area (Å²) >= 11 is 0.